The van der Waals surface area contributed by atoms with Crippen LogP contribution in [0.1, 0.15) is 25.5 Å². The van der Waals surface area contributed by atoms with Gasteiger partial charge in [0, 0.05) is 18.7 Å². The molecule has 140 valence electrons. The Morgan fingerprint density at radius 1 is 1.19 bits per heavy atom. The number of para-hydroxylation sites is 1. The van der Waals surface area contributed by atoms with E-state index in [0.717, 1.165) is 10.5 Å². The standard InChI is InChI=1S/C19H24N2O5/c1-10(2)19(18(24)26-5)14-13(16(22)21(3)17(14)23)15(20-19)11-8-6-7-9-12(11)25-4/h6-10,13-15,20H,1-5H3/t13-,14-,15+,19+/m0/s1. The van der Waals surface area contributed by atoms with Gasteiger partial charge in [-0.1, -0.05) is 32.0 Å². The van der Waals surface area contributed by atoms with Gasteiger partial charge in [0.25, 0.3) is 0 Å². The van der Waals surface area contributed by atoms with Crippen molar-refractivity contribution in [3.05, 3.63) is 29.8 Å². The van der Waals surface area contributed by atoms with E-state index in [1.54, 1.807) is 13.2 Å². The third-order valence-electron chi connectivity index (χ3n) is 5.72. The Bertz CT molecular complexity index is 762. The van der Waals surface area contributed by atoms with Crippen LogP contribution in [0.3, 0.4) is 0 Å². The molecule has 3 rings (SSSR count). The maximum atomic E-state index is 12.9. The van der Waals surface area contributed by atoms with Gasteiger partial charge in [-0.3, -0.25) is 24.6 Å². The highest BCUT2D eigenvalue weighted by Gasteiger charge is 2.69. The summed E-state index contributed by atoms with van der Waals surface area (Å²) < 4.78 is 10.5. The zero-order chi connectivity index (χ0) is 19.2. The average molecular weight is 360 g/mol. The SMILES string of the molecule is COC(=O)[C@]1(C(C)C)N[C@H](c2ccccc2OC)[C@H]2C(=O)N(C)C(=O)[C@H]21. The summed E-state index contributed by atoms with van der Waals surface area (Å²) in [4.78, 5) is 39.7. The third-order valence-corrected chi connectivity index (χ3v) is 5.72. The van der Waals surface area contributed by atoms with Gasteiger partial charge in [-0.2, -0.15) is 0 Å². The monoisotopic (exact) mass is 360 g/mol. The summed E-state index contributed by atoms with van der Waals surface area (Å²) in [5, 5.41) is 3.31. The summed E-state index contributed by atoms with van der Waals surface area (Å²) >= 11 is 0. The molecule has 2 saturated heterocycles. The molecule has 0 bridgehead atoms. The number of likely N-dealkylation sites (tertiary alicyclic amines) is 1. The average Bonchev–Trinajstić information content (AvgIpc) is 3.12. The molecule has 4 atom stereocenters. The van der Waals surface area contributed by atoms with E-state index in [2.05, 4.69) is 5.32 Å². The smallest absolute Gasteiger partial charge is 0.327 e. The van der Waals surface area contributed by atoms with Gasteiger partial charge in [0.15, 0.2) is 0 Å². The van der Waals surface area contributed by atoms with Crippen LogP contribution in [0, 0.1) is 17.8 Å². The van der Waals surface area contributed by atoms with Crippen LogP contribution in [0.2, 0.25) is 0 Å². The first-order valence-electron chi connectivity index (χ1n) is 8.61. The van der Waals surface area contributed by atoms with Gasteiger partial charge in [-0.15, -0.1) is 0 Å². The second-order valence-electron chi connectivity index (χ2n) is 7.12. The normalized spacial score (nSPS) is 30.7. The third kappa shape index (κ3) is 2.26. The lowest BCUT2D eigenvalue weighted by atomic mass is 9.73. The molecule has 26 heavy (non-hydrogen) atoms. The largest absolute Gasteiger partial charge is 0.496 e. The predicted octanol–water partition coefficient (Wildman–Crippen LogP) is 1.14. The first-order chi connectivity index (χ1) is 12.3. The topological polar surface area (TPSA) is 84.9 Å². The van der Waals surface area contributed by atoms with E-state index in [4.69, 9.17) is 9.47 Å². The van der Waals surface area contributed by atoms with Crippen molar-refractivity contribution in [3.63, 3.8) is 0 Å². The number of carbonyl (C=O) groups excluding carboxylic acids is 3. The van der Waals surface area contributed by atoms with Crippen LogP contribution in [0.5, 0.6) is 5.75 Å². The minimum Gasteiger partial charge on any atom is -0.496 e. The summed E-state index contributed by atoms with van der Waals surface area (Å²) in [7, 11) is 4.31. The van der Waals surface area contributed by atoms with Crippen LogP contribution < -0.4 is 10.1 Å². The number of benzene rings is 1. The van der Waals surface area contributed by atoms with Gasteiger partial charge < -0.3 is 9.47 Å². The number of amides is 2. The molecule has 2 aliphatic heterocycles. The maximum absolute atomic E-state index is 12.9. The van der Waals surface area contributed by atoms with Crippen molar-refractivity contribution in [2.24, 2.45) is 17.8 Å². The van der Waals surface area contributed by atoms with Crippen LogP contribution in [-0.4, -0.2) is 49.5 Å². The van der Waals surface area contributed by atoms with Crippen LogP contribution in [0.25, 0.3) is 0 Å². The number of imide groups is 1. The van der Waals surface area contributed by atoms with E-state index in [1.165, 1.54) is 14.2 Å². The molecule has 1 aromatic rings. The molecule has 0 unspecified atom stereocenters. The van der Waals surface area contributed by atoms with E-state index in [1.807, 2.05) is 32.0 Å². The number of nitrogens with zero attached hydrogens (tertiary/aromatic N) is 1. The Morgan fingerprint density at radius 3 is 2.42 bits per heavy atom. The summed E-state index contributed by atoms with van der Waals surface area (Å²) in [6.45, 7) is 3.70. The molecular formula is C19H24N2O5. The highest BCUT2D eigenvalue weighted by molar-refractivity contribution is 6.09. The van der Waals surface area contributed by atoms with Gasteiger partial charge in [0.1, 0.15) is 11.3 Å². The fraction of sp³-hybridized carbons (Fsp3) is 0.526. The first kappa shape index (κ1) is 18.4. The van der Waals surface area contributed by atoms with Crippen molar-refractivity contribution in [2.45, 2.75) is 25.4 Å². The van der Waals surface area contributed by atoms with Crippen LogP contribution in [0.15, 0.2) is 24.3 Å². The van der Waals surface area contributed by atoms with Gasteiger partial charge >= 0.3 is 5.97 Å². The summed E-state index contributed by atoms with van der Waals surface area (Å²) in [5.41, 5.74) is -0.532. The number of ether oxygens (including phenoxy) is 2. The molecule has 0 spiro atoms. The number of fused-ring (bicyclic) bond motifs is 1. The molecule has 2 aliphatic rings. The zero-order valence-electron chi connectivity index (χ0n) is 15.6. The fourth-order valence-electron chi connectivity index (χ4n) is 4.40. The number of nitrogens with one attached hydrogen (secondary N) is 1. The lowest BCUT2D eigenvalue weighted by molar-refractivity contribution is -0.156. The summed E-state index contributed by atoms with van der Waals surface area (Å²) in [6, 6.07) is 6.78. The number of hydrogen-bond acceptors (Lipinski definition) is 6. The van der Waals surface area contributed by atoms with Gasteiger partial charge in [0.05, 0.1) is 26.1 Å². The second kappa shape index (κ2) is 6.39. The minimum atomic E-state index is -1.28. The molecule has 2 amide bonds. The Hall–Kier alpha value is -2.41. The van der Waals surface area contributed by atoms with Gasteiger partial charge in [0.2, 0.25) is 11.8 Å². The molecule has 2 heterocycles. The van der Waals surface area contributed by atoms with Crippen molar-refractivity contribution < 1.29 is 23.9 Å². The van der Waals surface area contributed by atoms with Crippen molar-refractivity contribution in [3.8, 4) is 5.75 Å². The molecule has 0 aromatic heterocycles. The quantitative estimate of drug-likeness (QED) is 0.640. The van der Waals surface area contributed by atoms with Crippen LogP contribution in [-0.2, 0) is 19.1 Å². The van der Waals surface area contributed by atoms with Gasteiger partial charge in [-0.25, -0.2) is 0 Å². The van der Waals surface area contributed by atoms with E-state index in [0.29, 0.717) is 5.75 Å². The van der Waals surface area contributed by atoms with Crippen molar-refractivity contribution >= 4 is 17.8 Å². The molecular weight excluding hydrogens is 336 g/mol. The molecule has 0 radical (unpaired) electrons. The first-order valence-corrected chi connectivity index (χ1v) is 8.61. The maximum Gasteiger partial charge on any atom is 0.327 e. The van der Waals surface area contributed by atoms with Crippen molar-refractivity contribution in [1.82, 2.24) is 10.2 Å². The number of rotatable bonds is 4. The van der Waals surface area contributed by atoms with Crippen molar-refractivity contribution in [2.75, 3.05) is 21.3 Å². The molecule has 7 heteroatoms. The lowest BCUT2D eigenvalue weighted by Gasteiger charge is -2.35. The molecule has 1 aromatic carbocycles. The predicted molar refractivity (Wildman–Crippen MR) is 93.2 cm³/mol. The molecule has 0 aliphatic carbocycles. The Labute approximate surface area is 152 Å². The zero-order valence-corrected chi connectivity index (χ0v) is 15.6. The molecule has 0 saturated carbocycles. The Morgan fingerprint density at radius 2 is 1.85 bits per heavy atom. The van der Waals surface area contributed by atoms with Crippen LogP contribution in [0.4, 0.5) is 0 Å². The Balaban J connectivity index is 2.21. The van der Waals surface area contributed by atoms with Crippen LogP contribution >= 0.6 is 0 Å². The van der Waals surface area contributed by atoms with E-state index >= 15 is 0 Å². The van der Waals surface area contributed by atoms with E-state index < -0.39 is 29.4 Å². The number of hydrogen-bond donors (Lipinski definition) is 1. The number of carbonyl (C=O) groups is 3. The van der Waals surface area contributed by atoms with E-state index in [9.17, 15) is 14.4 Å². The van der Waals surface area contributed by atoms with Gasteiger partial charge in [-0.05, 0) is 12.0 Å². The number of methoxy groups -OCH3 is 2. The highest BCUT2D eigenvalue weighted by atomic mass is 16.5. The second-order valence-corrected chi connectivity index (χ2v) is 7.12. The summed E-state index contributed by atoms with van der Waals surface area (Å²) in [5.74, 6) is -2.35. The van der Waals surface area contributed by atoms with Crippen molar-refractivity contribution in [1.29, 1.82) is 0 Å². The molecule has 2 fully saturated rings. The Kier molecular flexibility index (Phi) is 4.52. The summed E-state index contributed by atoms with van der Waals surface area (Å²) in [6.07, 6.45) is 0. The number of esters is 1. The minimum absolute atomic E-state index is 0.259. The van der Waals surface area contributed by atoms with E-state index in [-0.39, 0.29) is 17.7 Å². The molecule has 7 nitrogen and oxygen atoms in total. The highest BCUT2D eigenvalue weighted by Crippen LogP contribution is 2.52. The lowest BCUT2D eigenvalue weighted by Crippen LogP contribution is -2.59. The fourth-order valence-corrected chi connectivity index (χ4v) is 4.40. The molecule has 1 N–H and O–H groups in total.